The van der Waals surface area contributed by atoms with Gasteiger partial charge in [-0.05, 0) is 47.7 Å². The molecule has 5 aromatic rings. The monoisotopic (exact) mass is 566 g/mol. The summed E-state index contributed by atoms with van der Waals surface area (Å²) in [4.78, 5) is 13.0. The lowest BCUT2D eigenvalue weighted by Gasteiger charge is -2.19. The van der Waals surface area contributed by atoms with E-state index in [1.54, 1.807) is 11.8 Å². The normalized spacial score (nSPS) is 11.7. The van der Waals surface area contributed by atoms with Gasteiger partial charge < -0.3 is 5.32 Å². The number of nitrogens with zero attached hydrogens (tertiary/aromatic N) is 3. The van der Waals surface area contributed by atoms with Gasteiger partial charge in [0.15, 0.2) is 5.16 Å². The van der Waals surface area contributed by atoms with Crippen LogP contribution in [0.25, 0.3) is 5.69 Å². The number of thioether (sulfide) groups is 1. The van der Waals surface area contributed by atoms with Crippen molar-refractivity contribution in [1.82, 2.24) is 20.1 Å². The molecule has 5 rings (SSSR count). The first-order valence-electron chi connectivity index (χ1n) is 13.4. The Labute approximate surface area is 244 Å². The summed E-state index contributed by atoms with van der Waals surface area (Å²) in [5.74, 6) is 1.64. The lowest BCUT2D eigenvalue weighted by Crippen LogP contribution is -2.29. The third-order valence-electron chi connectivity index (χ3n) is 6.57. The molecule has 0 bridgehead atoms. The van der Waals surface area contributed by atoms with Gasteiger partial charge in [-0.3, -0.25) is 9.36 Å². The smallest absolute Gasteiger partial charge is 0.220 e. The van der Waals surface area contributed by atoms with Gasteiger partial charge in [0.25, 0.3) is 0 Å². The fourth-order valence-electron chi connectivity index (χ4n) is 4.61. The van der Waals surface area contributed by atoms with Crippen LogP contribution < -0.4 is 5.32 Å². The maximum absolute atomic E-state index is 13.0. The predicted molar refractivity (Wildman–Crippen MR) is 163 cm³/mol. The highest BCUT2D eigenvalue weighted by Gasteiger charge is 2.17. The molecule has 0 aliphatic rings. The van der Waals surface area contributed by atoms with Gasteiger partial charge in [0, 0.05) is 23.6 Å². The van der Waals surface area contributed by atoms with Crippen LogP contribution in [0.4, 0.5) is 0 Å². The summed E-state index contributed by atoms with van der Waals surface area (Å²) >= 11 is 7.92. The van der Waals surface area contributed by atoms with Gasteiger partial charge in [-0.2, -0.15) is 0 Å². The lowest BCUT2D eigenvalue weighted by molar-refractivity contribution is -0.121. The third-order valence-corrected chi connectivity index (χ3v) is 7.82. The van der Waals surface area contributed by atoms with E-state index in [1.165, 1.54) is 5.56 Å². The molecule has 0 fully saturated rings. The number of hydrogen-bond acceptors (Lipinski definition) is 4. The number of rotatable bonds is 12. The van der Waals surface area contributed by atoms with Crippen LogP contribution in [0.15, 0.2) is 120 Å². The Morgan fingerprint density at radius 2 is 1.50 bits per heavy atom. The number of benzene rings is 4. The first kappa shape index (κ1) is 27.7. The summed E-state index contributed by atoms with van der Waals surface area (Å²) in [6, 6.07) is 38.3. The van der Waals surface area contributed by atoms with E-state index in [0.29, 0.717) is 17.9 Å². The Hall–Kier alpha value is -3.87. The molecule has 1 heterocycles. The molecule has 5 nitrogen and oxygen atoms in total. The van der Waals surface area contributed by atoms with Crippen molar-refractivity contribution in [1.29, 1.82) is 0 Å². The summed E-state index contributed by atoms with van der Waals surface area (Å²) in [5.41, 5.74) is 4.39. The highest BCUT2D eigenvalue weighted by molar-refractivity contribution is 7.99. The number of aromatic nitrogens is 3. The second-order valence-corrected chi connectivity index (χ2v) is 11.0. The van der Waals surface area contributed by atoms with E-state index in [2.05, 4.69) is 56.5 Å². The van der Waals surface area contributed by atoms with Crippen molar-refractivity contribution in [2.45, 2.75) is 36.9 Å². The Kier molecular flexibility index (Phi) is 9.67. The van der Waals surface area contributed by atoms with Crippen molar-refractivity contribution in [3.63, 3.8) is 0 Å². The highest BCUT2D eigenvalue weighted by atomic mass is 35.5. The molecule has 0 aliphatic heterocycles. The van der Waals surface area contributed by atoms with Crippen LogP contribution in [0.2, 0.25) is 5.02 Å². The van der Waals surface area contributed by atoms with Crippen LogP contribution in [-0.2, 0) is 17.6 Å². The van der Waals surface area contributed by atoms with Crippen molar-refractivity contribution in [3.8, 4) is 5.69 Å². The average molecular weight is 567 g/mol. The molecule has 1 atom stereocenters. The highest BCUT2D eigenvalue weighted by Crippen LogP contribution is 2.26. The van der Waals surface area contributed by atoms with Gasteiger partial charge in [0.1, 0.15) is 5.82 Å². The van der Waals surface area contributed by atoms with Crippen LogP contribution in [0.1, 0.15) is 41.4 Å². The minimum absolute atomic E-state index is 0.0476. The van der Waals surface area contributed by atoms with Crippen LogP contribution >= 0.6 is 23.4 Å². The topological polar surface area (TPSA) is 59.8 Å². The van der Waals surface area contributed by atoms with Crippen molar-refractivity contribution in [2.75, 3.05) is 5.75 Å². The summed E-state index contributed by atoms with van der Waals surface area (Å²) in [6.07, 6.45) is 2.57. The quantitative estimate of drug-likeness (QED) is 0.126. The molecule has 4 aromatic carbocycles. The second kappa shape index (κ2) is 14.0. The molecule has 202 valence electrons. The van der Waals surface area contributed by atoms with Gasteiger partial charge in [0.05, 0.1) is 11.7 Å². The zero-order valence-electron chi connectivity index (χ0n) is 22.1. The summed E-state index contributed by atoms with van der Waals surface area (Å²) in [6.45, 7) is 0. The fourth-order valence-corrected chi connectivity index (χ4v) is 5.71. The predicted octanol–water partition coefficient (Wildman–Crippen LogP) is 7.48. The van der Waals surface area contributed by atoms with E-state index in [1.807, 2.05) is 78.9 Å². The number of amides is 1. The molecule has 0 saturated heterocycles. The van der Waals surface area contributed by atoms with Crippen LogP contribution in [0.3, 0.4) is 0 Å². The fraction of sp³-hybridized carbons (Fsp3) is 0.182. The van der Waals surface area contributed by atoms with Crippen molar-refractivity contribution < 1.29 is 4.79 Å². The molecule has 1 unspecified atom stereocenters. The van der Waals surface area contributed by atoms with Gasteiger partial charge in [-0.1, -0.05) is 120 Å². The molecule has 0 spiro atoms. The van der Waals surface area contributed by atoms with Crippen LogP contribution in [0.5, 0.6) is 0 Å². The standard InChI is InChI=1S/C33H31ClN4OS/c34-28-18-10-19-29(24-28)38-31(23-26-14-6-2-7-15-26)36-37-33(38)40-21-11-20-32(39)35-30(27-16-8-3-9-17-27)22-25-12-4-1-5-13-25/h1-10,12-19,24,30H,11,20-23H2,(H,35,39). The maximum atomic E-state index is 13.0. The van der Waals surface area contributed by atoms with Gasteiger partial charge in [0.2, 0.25) is 5.91 Å². The summed E-state index contributed by atoms with van der Waals surface area (Å²) < 4.78 is 2.06. The number of hydrogen-bond donors (Lipinski definition) is 1. The largest absolute Gasteiger partial charge is 0.349 e. The number of halogens is 1. The van der Waals surface area contributed by atoms with Crippen LogP contribution in [-0.4, -0.2) is 26.4 Å². The molecule has 7 heteroatoms. The lowest BCUT2D eigenvalue weighted by atomic mass is 9.98. The molecule has 1 aromatic heterocycles. The van der Waals surface area contributed by atoms with Gasteiger partial charge in [-0.15, -0.1) is 10.2 Å². The maximum Gasteiger partial charge on any atom is 0.220 e. The number of nitrogens with one attached hydrogen (secondary N) is 1. The molecule has 40 heavy (non-hydrogen) atoms. The van der Waals surface area contributed by atoms with Crippen molar-refractivity contribution in [2.24, 2.45) is 0 Å². The first-order chi connectivity index (χ1) is 19.7. The summed E-state index contributed by atoms with van der Waals surface area (Å²) in [7, 11) is 0. The molecule has 0 saturated carbocycles. The number of carbonyl (C=O) groups excluding carboxylic acids is 1. The second-order valence-electron chi connectivity index (χ2n) is 9.55. The zero-order chi connectivity index (χ0) is 27.6. The molecule has 1 N–H and O–H groups in total. The third kappa shape index (κ3) is 7.62. The molecular weight excluding hydrogens is 536 g/mol. The number of carbonyl (C=O) groups is 1. The molecular formula is C33H31ClN4OS. The average Bonchev–Trinajstić information content (AvgIpc) is 3.38. The first-order valence-corrected chi connectivity index (χ1v) is 14.8. The van der Waals surface area contributed by atoms with Crippen molar-refractivity contribution in [3.05, 3.63) is 143 Å². The Balaban J connectivity index is 1.22. The van der Waals surface area contributed by atoms with Gasteiger partial charge >= 0.3 is 0 Å². The van der Waals surface area contributed by atoms with E-state index in [4.69, 9.17) is 11.6 Å². The van der Waals surface area contributed by atoms with E-state index < -0.39 is 0 Å². The van der Waals surface area contributed by atoms with E-state index in [-0.39, 0.29) is 11.9 Å². The van der Waals surface area contributed by atoms with E-state index in [0.717, 1.165) is 46.4 Å². The molecule has 0 aliphatic carbocycles. The Morgan fingerprint density at radius 1 is 0.825 bits per heavy atom. The van der Waals surface area contributed by atoms with E-state index >= 15 is 0 Å². The minimum atomic E-state index is -0.0739. The Morgan fingerprint density at radius 3 is 2.20 bits per heavy atom. The summed E-state index contributed by atoms with van der Waals surface area (Å²) in [5, 5.41) is 13.7. The van der Waals surface area contributed by atoms with Gasteiger partial charge in [-0.25, -0.2) is 0 Å². The molecule has 0 radical (unpaired) electrons. The minimum Gasteiger partial charge on any atom is -0.349 e. The SMILES string of the molecule is O=C(CCCSc1nnc(Cc2ccccc2)n1-c1cccc(Cl)c1)NC(Cc1ccccc1)c1ccccc1. The van der Waals surface area contributed by atoms with Crippen molar-refractivity contribution >= 4 is 29.3 Å². The molecule has 1 amide bonds. The van der Waals surface area contributed by atoms with Crippen LogP contribution in [0, 0.1) is 0 Å². The zero-order valence-corrected chi connectivity index (χ0v) is 23.7. The van der Waals surface area contributed by atoms with E-state index in [9.17, 15) is 4.79 Å². The Bertz CT molecular complexity index is 1510.